The van der Waals surface area contributed by atoms with Gasteiger partial charge in [-0.25, -0.2) is 4.79 Å². The molecule has 6 heteroatoms. The lowest BCUT2D eigenvalue weighted by Gasteiger charge is -2.47. The van der Waals surface area contributed by atoms with Crippen LogP contribution in [0.3, 0.4) is 0 Å². The molecule has 2 aromatic carbocycles. The SMILES string of the molecule is C[C@@H](c1ccc(Br)cc1)N1CCC(CC(C)(C)NC(=O)C(C)(C)C)(c2ccccc2)OC1=O. The molecule has 33 heavy (non-hydrogen) atoms. The Hall–Kier alpha value is -2.34. The molecule has 5 nitrogen and oxygen atoms in total. The summed E-state index contributed by atoms with van der Waals surface area (Å²) in [5.74, 6) is -0.0247. The van der Waals surface area contributed by atoms with E-state index in [2.05, 4.69) is 21.2 Å². The number of carbonyl (C=O) groups is 2. The molecular weight excluding hydrogens is 480 g/mol. The van der Waals surface area contributed by atoms with Crippen molar-refractivity contribution in [2.24, 2.45) is 5.41 Å². The average Bonchev–Trinajstić information content (AvgIpc) is 2.73. The van der Waals surface area contributed by atoms with Crippen molar-refractivity contribution in [2.45, 2.75) is 71.6 Å². The van der Waals surface area contributed by atoms with Crippen molar-refractivity contribution in [2.75, 3.05) is 6.54 Å². The fraction of sp³-hybridized carbons (Fsp3) is 0.481. The van der Waals surface area contributed by atoms with Crippen LogP contribution >= 0.6 is 15.9 Å². The van der Waals surface area contributed by atoms with Gasteiger partial charge in [0.25, 0.3) is 0 Å². The third-order valence-corrected chi connectivity index (χ3v) is 6.78. The number of nitrogens with one attached hydrogen (secondary N) is 1. The first-order chi connectivity index (χ1) is 15.3. The molecule has 0 bridgehead atoms. The maximum atomic E-state index is 13.3. The second kappa shape index (κ2) is 9.49. The molecule has 178 valence electrons. The summed E-state index contributed by atoms with van der Waals surface area (Å²) in [4.78, 5) is 27.8. The minimum absolute atomic E-state index is 0.0247. The predicted molar refractivity (Wildman–Crippen MR) is 135 cm³/mol. The molecule has 0 saturated carbocycles. The highest BCUT2D eigenvalue weighted by atomic mass is 79.9. The highest BCUT2D eigenvalue weighted by Gasteiger charge is 2.47. The second-order valence-corrected chi connectivity index (χ2v) is 11.6. The Bertz CT molecular complexity index is 983. The number of cyclic esters (lactones) is 1. The van der Waals surface area contributed by atoms with E-state index in [0.29, 0.717) is 19.4 Å². The number of hydrogen-bond acceptors (Lipinski definition) is 3. The Kier molecular flexibility index (Phi) is 7.27. The van der Waals surface area contributed by atoms with Crippen LogP contribution in [0.25, 0.3) is 0 Å². The van der Waals surface area contributed by atoms with Crippen molar-refractivity contribution in [3.8, 4) is 0 Å². The number of amides is 2. The van der Waals surface area contributed by atoms with E-state index >= 15 is 0 Å². The van der Waals surface area contributed by atoms with Gasteiger partial charge in [-0.2, -0.15) is 0 Å². The van der Waals surface area contributed by atoms with E-state index in [0.717, 1.165) is 15.6 Å². The fourth-order valence-corrected chi connectivity index (χ4v) is 4.63. The third-order valence-electron chi connectivity index (χ3n) is 6.25. The minimum Gasteiger partial charge on any atom is -0.438 e. The molecule has 1 aliphatic heterocycles. The molecule has 0 radical (unpaired) electrons. The lowest BCUT2D eigenvalue weighted by Crippen LogP contribution is -2.55. The van der Waals surface area contributed by atoms with Crippen molar-refractivity contribution in [1.29, 1.82) is 0 Å². The zero-order chi connectivity index (χ0) is 24.4. The molecule has 3 rings (SSSR count). The molecule has 2 aromatic rings. The Morgan fingerprint density at radius 2 is 1.70 bits per heavy atom. The van der Waals surface area contributed by atoms with E-state index in [-0.39, 0.29) is 18.0 Å². The fourth-order valence-electron chi connectivity index (χ4n) is 4.37. The van der Waals surface area contributed by atoms with Gasteiger partial charge in [0.15, 0.2) is 0 Å². The maximum Gasteiger partial charge on any atom is 0.411 e. The second-order valence-electron chi connectivity index (χ2n) is 10.7. The van der Waals surface area contributed by atoms with Crippen molar-refractivity contribution in [3.63, 3.8) is 0 Å². The number of nitrogens with zero attached hydrogens (tertiary/aromatic N) is 1. The zero-order valence-electron chi connectivity index (χ0n) is 20.4. The van der Waals surface area contributed by atoms with E-state index < -0.39 is 16.6 Å². The normalized spacial score (nSPS) is 20.2. The Morgan fingerprint density at radius 3 is 2.24 bits per heavy atom. The quantitative estimate of drug-likeness (QED) is 0.473. The summed E-state index contributed by atoms with van der Waals surface area (Å²) >= 11 is 3.46. The monoisotopic (exact) mass is 514 g/mol. The van der Waals surface area contributed by atoms with Gasteiger partial charge in [-0.3, -0.25) is 4.79 Å². The van der Waals surface area contributed by atoms with E-state index in [1.807, 2.05) is 96.1 Å². The zero-order valence-corrected chi connectivity index (χ0v) is 22.0. The molecule has 1 N–H and O–H groups in total. The molecular formula is C27H35BrN2O3. The van der Waals surface area contributed by atoms with Gasteiger partial charge in [-0.1, -0.05) is 79.2 Å². The lowest BCUT2D eigenvalue weighted by molar-refractivity contribution is -0.131. The first-order valence-electron chi connectivity index (χ1n) is 11.5. The Morgan fingerprint density at radius 1 is 1.09 bits per heavy atom. The van der Waals surface area contributed by atoms with Crippen LogP contribution in [0.1, 0.15) is 71.6 Å². The van der Waals surface area contributed by atoms with Crippen molar-refractivity contribution in [3.05, 3.63) is 70.2 Å². The topological polar surface area (TPSA) is 58.6 Å². The molecule has 0 spiro atoms. The van der Waals surface area contributed by atoms with Gasteiger partial charge < -0.3 is 15.0 Å². The maximum absolute atomic E-state index is 13.3. The van der Waals surface area contributed by atoms with Gasteiger partial charge in [-0.15, -0.1) is 0 Å². The molecule has 0 aliphatic carbocycles. The van der Waals surface area contributed by atoms with Crippen molar-refractivity contribution >= 4 is 27.9 Å². The summed E-state index contributed by atoms with van der Waals surface area (Å²) in [5, 5.41) is 3.17. The molecule has 2 amide bonds. The van der Waals surface area contributed by atoms with Crippen LogP contribution in [0.15, 0.2) is 59.1 Å². The van der Waals surface area contributed by atoms with Crippen LogP contribution in [-0.2, 0) is 15.1 Å². The van der Waals surface area contributed by atoms with Crippen LogP contribution in [0.2, 0.25) is 0 Å². The van der Waals surface area contributed by atoms with Gasteiger partial charge in [0, 0.05) is 34.8 Å². The predicted octanol–water partition coefficient (Wildman–Crippen LogP) is 6.58. The number of ether oxygens (including phenoxy) is 1. The molecule has 1 unspecified atom stereocenters. The van der Waals surface area contributed by atoms with E-state index in [1.54, 1.807) is 4.90 Å². The highest BCUT2D eigenvalue weighted by Crippen LogP contribution is 2.42. The Labute approximate surface area is 206 Å². The number of carbonyl (C=O) groups excluding carboxylic acids is 2. The molecule has 2 atom stereocenters. The number of benzene rings is 2. The number of rotatable bonds is 6. The number of halogens is 1. The summed E-state index contributed by atoms with van der Waals surface area (Å²) in [7, 11) is 0. The Balaban J connectivity index is 1.86. The van der Waals surface area contributed by atoms with Gasteiger partial charge in [-0.05, 0) is 44.0 Å². The van der Waals surface area contributed by atoms with E-state index in [4.69, 9.17) is 4.74 Å². The summed E-state index contributed by atoms with van der Waals surface area (Å²) in [6, 6.07) is 17.8. The smallest absolute Gasteiger partial charge is 0.411 e. The summed E-state index contributed by atoms with van der Waals surface area (Å²) in [6.07, 6.45) is 0.787. The molecule has 1 heterocycles. The van der Waals surface area contributed by atoms with Gasteiger partial charge in [0.05, 0.1) is 6.04 Å². The third kappa shape index (κ3) is 5.97. The minimum atomic E-state index is -0.817. The van der Waals surface area contributed by atoms with Gasteiger partial charge >= 0.3 is 6.09 Å². The first-order valence-corrected chi connectivity index (χ1v) is 12.3. The summed E-state index contributed by atoms with van der Waals surface area (Å²) in [6.45, 7) is 12.3. The van der Waals surface area contributed by atoms with Crippen LogP contribution in [0, 0.1) is 5.41 Å². The summed E-state index contributed by atoms with van der Waals surface area (Å²) < 4.78 is 7.27. The van der Waals surface area contributed by atoms with Gasteiger partial charge in [0.1, 0.15) is 5.60 Å². The summed E-state index contributed by atoms with van der Waals surface area (Å²) in [5.41, 5.74) is 0.118. The van der Waals surface area contributed by atoms with E-state index in [9.17, 15) is 9.59 Å². The highest BCUT2D eigenvalue weighted by molar-refractivity contribution is 9.10. The van der Waals surface area contributed by atoms with Crippen LogP contribution in [-0.4, -0.2) is 29.0 Å². The number of hydrogen-bond donors (Lipinski definition) is 1. The van der Waals surface area contributed by atoms with Crippen molar-refractivity contribution in [1.82, 2.24) is 10.2 Å². The molecule has 1 saturated heterocycles. The standard InChI is InChI=1S/C27H35BrN2O3/c1-19(20-12-14-22(28)15-13-20)30-17-16-27(33-24(30)32,21-10-8-7-9-11-21)18-26(5,6)29-23(31)25(2,3)4/h7-15,19H,16-18H2,1-6H3,(H,29,31)/t19-,27?/m0/s1. The van der Waals surface area contributed by atoms with Crippen LogP contribution in [0.5, 0.6) is 0 Å². The van der Waals surface area contributed by atoms with Crippen molar-refractivity contribution < 1.29 is 14.3 Å². The lowest BCUT2D eigenvalue weighted by atomic mass is 9.78. The molecule has 1 aliphatic rings. The first kappa shape index (κ1) is 25.3. The van der Waals surface area contributed by atoms with Gasteiger partial charge in [0.2, 0.25) is 5.91 Å². The average molecular weight is 515 g/mol. The van der Waals surface area contributed by atoms with Crippen LogP contribution < -0.4 is 5.32 Å². The molecule has 1 fully saturated rings. The van der Waals surface area contributed by atoms with Crippen LogP contribution in [0.4, 0.5) is 4.79 Å². The molecule has 0 aromatic heterocycles. The largest absolute Gasteiger partial charge is 0.438 e. The van der Waals surface area contributed by atoms with E-state index in [1.165, 1.54) is 0 Å².